The summed E-state index contributed by atoms with van der Waals surface area (Å²) in [6.07, 6.45) is 4.06. The van der Waals surface area contributed by atoms with Crippen molar-refractivity contribution in [1.82, 2.24) is 14.8 Å². The molecule has 0 bridgehead atoms. The molecule has 1 amide bonds. The van der Waals surface area contributed by atoms with Gasteiger partial charge in [-0.25, -0.2) is 0 Å². The highest BCUT2D eigenvalue weighted by Crippen LogP contribution is 2.24. The molecule has 3 heterocycles. The van der Waals surface area contributed by atoms with Gasteiger partial charge < -0.3 is 9.64 Å². The lowest BCUT2D eigenvalue weighted by Gasteiger charge is -2.33. The van der Waals surface area contributed by atoms with Crippen LogP contribution in [0, 0.1) is 5.92 Å². The van der Waals surface area contributed by atoms with E-state index in [1.165, 1.54) is 12.8 Å². The minimum Gasteiger partial charge on any atom is -0.378 e. The van der Waals surface area contributed by atoms with Crippen molar-refractivity contribution in [3.63, 3.8) is 0 Å². The third-order valence-electron chi connectivity index (χ3n) is 5.83. The summed E-state index contributed by atoms with van der Waals surface area (Å²) in [6, 6.07) is 10.0. The van der Waals surface area contributed by atoms with E-state index >= 15 is 0 Å². The van der Waals surface area contributed by atoms with Crippen molar-refractivity contribution in [2.45, 2.75) is 32.2 Å². The Morgan fingerprint density at radius 3 is 2.89 bits per heavy atom. The van der Waals surface area contributed by atoms with Gasteiger partial charge in [-0.3, -0.25) is 14.7 Å². The standard InChI is InChI=1S/C22H28ClN3O2/c23-19-5-7-21-18(14-19)4-6-20(24-21)16-25-9-1-2-17(15-25)3-8-22(27)26-10-12-28-13-11-26/h4-7,14,17H,1-3,8-13,15-16H2. The van der Waals surface area contributed by atoms with E-state index in [0.717, 1.165) is 60.8 Å². The maximum absolute atomic E-state index is 12.4. The van der Waals surface area contributed by atoms with Gasteiger partial charge >= 0.3 is 0 Å². The molecular weight excluding hydrogens is 374 g/mol. The number of hydrogen-bond donors (Lipinski definition) is 0. The molecule has 0 aliphatic carbocycles. The van der Waals surface area contributed by atoms with E-state index in [4.69, 9.17) is 21.3 Å². The Morgan fingerprint density at radius 2 is 2.04 bits per heavy atom. The summed E-state index contributed by atoms with van der Waals surface area (Å²) in [4.78, 5) is 21.6. The van der Waals surface area contributed by atoms with Gasteiger partial charge in [0.25, 0.3) is 0 Å². The first kappa shape index (κ1) is 19.6. The summed E-state index contributed by atoms with van der Waals surface area (Å²) in [6.45, 7) is 5.86. The van der Waals surface area contributed by atoms with Gasteiger partial charge in [0.05, 0.1) is 24.4 Å². The number of carbonyl (C=O) groups excluding carboxylic acids is 1. The smallest absolute Gasteiger partial charge is 0.222 e. The van der Waals surface area contributed by atoms with E-state index in [-0.39, 0.29) is 5.91 Å². The number of ether oxygens (including phenoxy) is 1. The number of fused-ring (bicyclic) bond motifs is 1. The third-order valence-corrected chi connectivity index (χ3v) is 6.06. The number of halogens is 1. The second kappa shape index (κ2) is 9.21. The van der Waals surface area contributed by atoms with E-state index < -0.39 is 0 Å². The number of carbonyl (C=O) groups is 1. The van der Waals surface area contributed by atoms with Gasteiger partial charge in [-0.1, -0.05) is 17.7 Å². The molecule has 2 aromatic rings. The van der Waals surface area contributed by atoms with Crippen molar-refractivity contribution >= 4 is 28.4 Å². The molecule has 2 aliphatic rings. The number of amides is 1. The molecule has 1 aromatic carbocycles. The zero-order chi connectivity index (χ0) is 19.3. The average Bonchev–Trinajstić information content (AvgIpc) is 2.73. The molecule has 0 N–H and O–H groups in total. The number of benzene rings is 1. The van der Waals surface area contributed by atoms with Crippen LogP contribution in [-0.4, -0.2) is 60.1 Å². The predicted molar refractivity (Wildman–Crippen MR) is 111 cm³/mol. The highest BCUT2D eigenvalue weighted by molar-refractivity contribution is 6.31. The van der Waals surface area contributed by atoms with Crippen molar-refractivity contribution in [2.24, 2.45) is 5.92 Å². The lowest BCUT2D eigenvalue weighted by Crippen LogP contribution is -2.41. The highest BCUT2D eigenvalue weighted by Gasteiger charge is 2.23. The van der Waals surface area contributed by atoms with Gasteiger partial charge in [0.2, 0.25) is 5.91 Å². The molecule has 0 radical (unpaired) electrons. The number of likely N-dealkylation sites (tertiary alicyclic amines) is 1. The zero-order valence-corrected chi connectivity index (χ0v) is 17.0. The van der Waals surface area contributed by atoms with Gasteiger partial charge in [0.15, 0.2) is 0 Å². The van der Waals surface area contributed by atoms with Crippen LogP contribution in [0.4, 0.5) is 0 Å². The topological polar surface area (TPSA) is 45.7 Å². The molecule has 2 saturated heterocycles. The van der Waals surface area contributed by atoms with E-state index in [2.05, 4.69) is 17.0 Å². The molecule has 6 heteroatoms. The van der Waals surface area contributed by atoms with E-state index in [1.54, 1.807) is 0 Å². The first-order chi connectivity index (χ1) is 13.7. The summed E-state index contributed by atoms with van der Waals surface area (Å²) >= 11 is 6.06. The quantitative estimate of drug-likeness (QED) is 0.765. The number of aromatic nitrogens is 1. The summed E-state index contributed by atoms with van der Waals surface area (Å²) < 4.78 is 5.33. The van der Waals surface area contributed by atoms with Crippen molar-refractivity contribution < 1.29 is 9.53 Å². The summed E-state index contributed by atoms with van der Waals surface area (Å²) in [5.41, 5.74) is 2.09. The number of rotatable bonds is 5. The zero-order valence-electron chi connectivity index (χ0n) is 16.3. The maximum Gasteiger partial charge on any atom is 0.222 e. The SMILES string of the molecule is O=C(CCC1CCCN(Cc2ccc3cc(Cl)ccc3n2)C1)N1CCOCC1. The molecule has 2 fully saturated rings. The first-order valence-corrected chi connectivity index (χ1v) is 10.7. The molecule has 1 unspecified atom stereocenters. The average molecular weight is 402 g/mol. The van der Waals surface area contributed by atoms with Crippen molar-refractivity contribution in [2.75, 3.05) is 39.4 Å². The normalized spacial score (nSPS) is 21.2. The van der Waals surface area contributed by atoms with Gasteiger partial charge in [-0.05, 0) is 56.0 Å². The number of pyridine rings is 1. The van der Waals surface area contributed by atoms with E-state index in [9.17, 15) is 4.79 Å². The maximum atomic E-state index is 12.4. The Hall–Kier alpha value is -1.69. The molecule has 1 atom stereocenters. The fraction of sp³-hybridized carbons (Fsp3) is 0.545. The fourth-order valence-corrected chi connectivity index (χ4v) is 4.47. The van der Waals surface area contributed by atoms with Gasteiger partial charge in [-0.15, -0.1) is 0 Å². The first-order valence-electron chi connectivity index (χ1n) is 10.3. The monoisotopic (exact) mass is 401 g/mol. The second-order valence-electron chi connectivity index (χ2n) is 7.91. The molecule has 28 heavy (non-hydrogen) atoms. The number of morpholine rings is 1. The molecule has 150 valence electrons. The highest BCUT2D eigenvalue weighted by atomic mass is 35.5. The fourth-order valence-electron chi connectivity index (χ4n) is 4.28. The van der Waals surface area contributed by atoms with E-state index in [1.807, 2.05) is 23.1 Å². The summed E-state index contributed by atoms with van der Waals surface area (Å²) in [7, 11) is 0. The van der Waals surface area contributed by atoms with Crippen LogP contribution in [0.2, 0.25) is 5.02 Å². The Labute approximate surface area is 171 Å². The molecule has 4 rings (SSSR count). The lowest BCUT2D eigenvalue weighted by atomic mass is 9.93. The summed E-state index contributed by atoms with van der Waals surface area (Å²) in [5, 5.41) is 1.82. The van der Waals surface area contributed by atoms with Gasteiger partial charge in [-0.2, -0.15) is 0 Å². The number of piperidine rings is 1. The molecular formula is C22H28ClN3O2. The summed E-state index contributed by atoms with van der Waals surface area (Å²) in [5.74, 6) is 0.883. The third kappa shape index (κ3) is 5.02. The van der Waals surface area contributed by atoms with Crippen LogP contribution < -0.4 is 0 Å². The lowest BCUT2D eigenvalue weighted by molar-refractivity contribution is -0.135. The largest absolute Gasteiger partial charge is 0.378 e. The van der Waals surface area contributed by atoms with Crippen LogP contribution in [0.3, 0.4) is 0 Å². The van der Waals surface area contributed by atoms with Crippen LogP contribution >= 0.6 is 11.6 Å². The van der Waals surface area contributed by atoms with Crippen LogP contribution in [-0.2, 0) is 16.1 Å². The number of nitrogens with zero attached hydrogens (tertiary/aromatic N) is 3. The number of hydrogen-bond acceptors (Lipinski definition) is 4. The minimum atomic E-state index is 0.287. The van der Waals surface area contributed by atoms with Crippen molar-refractivity contribution in [3.05, 3.63) is 41.0 Å². The predicted octanol–water partition coefficient (Wildman–Crippen LogP) is 3.74. The minimum absolute atomic E-state index is 0.287. The Morgan fingerprint density at radius 1 is 1.18 bits per heavy atom. The van der Waals surface area contributed by atoms with Gasteiger partial charge in [0, 0.05) is 43.0 Å². The molecule has 1 aromatic heterocycles. The Balaban J connectivity index is 1.30. The molecule has 2 aliphatic heterocycles. The van der Waals surface area contributed by atoms with Crippen molar-refractivity contribution in [3.8, 4) is 0 Å². The van der Waals surface area contributed by atoms with Crippen LogP contribution in [0.1, 0.15) is 31.4 Å². The second-order valence-corrected chi connectivity index (χ2v) is 8.35. The Bertz CT molecular complexity index is 823. The van der Waals surface area contributed by atoms with Gasteiger partial charge in [0.1, 0.15) is 0 Å². The molecule has 5 nitrogen and oxygen atoms in total. The molecule has 0 saturated carbocycles. The van der Waals surface area contributed by atoms with E-state index in [0.29, 0.717) is 25.6 Å². The molecule has 0 spiro atoms. The van der Waals surface area contributed by atoms with Crippen LogP contribution in [0.25, 0.3) is 10.9 Å². The van der Waals surface area contributed by atoms with Crippen LogP contribution in [0.5, 0.6) is 0 Å². The van der Waals surface area contributed by atoms with Crippen LogP contribution in [0.15, 0.2) is 30.3 Å². The van der Waals surface area contributed by atoms with Crippen molar-refractivity contribution in [1.29, 1.82) is 0 Å². The Kier molecular flexibility index (Phi) is 6.45.